The second-order valence-corrected chi connectivity index (χ2v) is 26.9. The van der Waals surface area contributed by atoms with Crippen LogP contribution in [0.3, 0.4) is 0 Å². The van der Waals surface area contributed by atoms with E-state index in [0.29, 0.717) is 0 Å². The van der Waals surface area contributed by atoms with E-state index in [1.54, 1.807) is 0 Å². The Morgan fingerprint density at radius 3 is 1.07 bits per heavy atom. The second-order valence-electron chi connectivity index (χ2n) is 26.9. The van der Waals surface area contributed by atoms with Gasteiger partial charge in [0.25, 0.3) is 0 Å². The minimum absolute atomic E-state index is 0. The van der Waals surface area contributed by atoms with Crippen molar-refractivity contribution in [2.75, 3.05) is 0 Å². The Morgan fingerprint density at radius 2 is 0.653 bits per heavy atom. The summed E-state index contributed by atoms with van der Waals surface area (Å²) >= 11 is 0. The van der Waals surface area contributed by atoms with Gasteiger partial charge in [-0.05, 0) is 155 Å². The van der Waals surface area contributed by atoms with Gasteiger partial charge in [-0.3, -0.25) is 39.1 Å². The standard InChI is InChI=1S/C22H16N.2C21H14N.C18H16N.4C5H8O2.4Ir/c1-16-14-19-10-5-6-13-21(19)23-22(16)20-12-7-11-18(15-20)17-8-3-2-4-9-17;1-2-7-16(8-3-1)18-10-6-11-19(15-18)21-14-13-17-9-4-5-12-20(17)22-21;1-2-6-16(7-3-1)17-10-12-19(13-11-17)21-15-14-18-8-4-5-9-20(18)22-21;1-12-4-6-17-15(9-12)5-7-18(19-17)16-10-13(2)8-14(3)11-16;4*1-4(6)3-5(2)7;;;;/h2-11,13-15H,1H3;1-10,12-15H;1-12,14-15H;4-10H,1-3H3;4*3,6H,1-2H3;;;;/q4*-1;;;;;;;;. The number of benzene rings is 11. The smallest absolute Gasteiger partial charge is 0.155 e. The molecule has 15 aromatic rings. The van der Waals surface area contributed by atoms with Crippen LogP contribution in [0.15, 0.2) is 339 Å². The van der Waals surface area contributed by atoms with Gasteiger partial charge in [0.05, 0.1) is 45.1 Å². The topological polar surface area (TPSA) is 201 Å². The summed E-state index contributed by atoms with van der Waals surface area (Å²) in [6, 6.07) is 113. The Kier molecular flexibility index (Phi) is 42.6. The first-order valence-corrected chi connectivity index (χ1v) is 36.9. The molecule has 118 heavy (non-hydrogen) atoms. The van der Waals surface area contributed by atoms with Gasteiger partial charge in [-0.25, -0.2) is 0 Å². The van der Waals surface area contributed by atoms with Gasteiger partial charge in [0, 0.05) is 105 Å². The number of aryl methyl sites for hydroxylation is 4. The van der Waals surface area contributed by atoms with E-state index in [1.807, 2.05) is 97.1 Å². The number of aliphatic hydroxyl groups is 4. The number of carbonyl (C=O) groups excluding carboxylic acids is 4. The molecule has 0 bridgehead atoms. The monoisotopic (exact) mass is 2270 g/mol. The molecule has 12 nitrogen and oxygen atoms in total. The number of pyridine rings is 4. The fraction of sp³-hybridized carbons (Fsp3) is 0.118. The maximum Gasteiger partial charge on any atom is 0.155 e. The molecule has 0 saturated carbocycles. The molecule has 15 rings (SSSR count). The molecule has 0 saturated heterocycles. The number of ketones is 4. The number of nitrogens with zero attached hydrogens (tertiary/aromatic N) is 4. The number of rotatable bonds is 11. The summed E-state index contributed by atoms with van der Waals surface area (Å²) in [5.74, 6) is -0.250. The van der Waals surface area contributed by atoms with Crippen LogP contribution in [0, 0.1) is 52.0 Å². The van der Waals surface area contributed by atoms with Crippen LogP contribution in [0.25, 0.3) is 122 Å². The van der Waals surface area contributed by atoms with Crippen LogP contribution in [0.5, 0.6) is 0 Å². The van der Waals surface area contributed by atoms with Crippen molar-refractivity contribution in [1.29, 1.82) is 0 Å². The van der Waals surface area contributed by atoms with Crippen molar-refractivity contribution >= 4 is 66.7 Å². The predicted octanol–water partition coefficient (Wildman–Crippen LogP) is 25.2. The Balaban J connectivity index is 0.000000296. The number of carbonyl (C=O) groups is 4. The molecule has 0 atom stereocenters. The maximum absolute atomic E-state index is 10.0. The van der Waals surface area contributed by atoms with E-state index in [-0.39, 0.29) is 127 Å². The zero-order valence-electron chi connectivity index (χ0n) is 67.6. The normalized spacial score (nSPS) is 10.6. The summed E-state index contributed by atoms with van der Waals surface area (Å²) in [4.78, 5) is 59.1. The maximum atomic E-state index is 10.0. The largest absolute Gasteiger partial charge is 0.512 e. The van der Waals surface area contributed by atoms with Gasteiger partial charge in [-0.15, -0.1) is 136 Å². The minimum Gasteiger partial charge on any atom is -0.512 e. The number of aliphatic hydroxyl groups excluding tert-OH is 4. The fourth-order valence-corrected chi connectivity index (χ4v) is 11.8. The van der Waals surface area contributed by atoms with Crippen LogP contribution in [0.1, 0.15) is 77.6 Å². The third kappa shape index (κ3) is 33.2. The van der Waals surface area contributed by atoms with Crippen molar-refractivity contribution in [2.45, 2.75) is 83.1 Å². The van der Waals surface area contributed by atoms with E-state index >= 15 is 0 Å². The van der Waals surface area contributed by atoms with Gasteiger partial charge in [-0.2, -0.15) is 0 Å². The molecule has 0 aliphatic heterocycles. The number of allylic oxidation sites excluding steroid dienone is 8. The van der Waals surface area contributed by atoms with Crippen LogP contribution in [0.4, 0.5) is 0 Å². The molecular weight excluding hydrogens is 2180 g/mol. The van der Waals surface area contributed by atoms with Gasteiger partial charge in [0.1, 0.15) is 0 Å². The summed E-state index contributed by atoms with van der Waals surface area (Å²) in [5, 5.41) is 38.1. The number of aromatic nitrogens is 4. The third-order valence-electron chi connectivity index (χ3n) is 16.6. The van der Waals surface area contributed by atoms with Crippen molar-refractivity contribution in [2.24, 2.45) is 0 Å². The van der Waals surface area contributed by atoms with Crippen LogP contribution in [-0.4, -0.2) is 63.5 Å². The fourth-order valence-electron chi connectivity index (χ4n) is 11.8. The third-order valence-corrected chi connectivity index (χ3v) is 16.6. The molecule has 4 N–H and O–H groups in total. The van der Waals surface area contributed by atoms with Crippen molar-refractivity contribution in [3.8, 4) is 78.4 Å². The zero-order chi connectivity index (χ0) is 82.1. The van der Waals surface area contributed by atoms with E-state index in [0.717, 1.165) is 83.4 Å². The molecule has 608 valence electrons. The van der Waals surface area contributed by atoms with Gasteiger partial charge in [0.2, 0.25) is 0 Å². The average molecular weight is 2270 g/mol. The number of hydrogen-bond donors (Lipinski definition) is 4. The van der Waals surface area contributed by atoms with E-state index < -0.39 is 0 Å². The van der Waals surface area contributed by atoms with Crippen LogP contribution >= 0.6 is 0 Å². The molecule has 4 aromatic heterocycles. The van der Waals surface area contributed by atoms with Crippen LogP contribution < -0.4 is 0 Å². The first-order valence-electron chi connectivity index (χ1n) is 36.9. The average Bonchev–Trinajstić information content (AvgIpc) is 0.810. The minimum atomic E-state index is -0.125. The summed E-state index contributed by atoms with van der Waals surface area (Å²) in [6.07, 6.45) is 4.67. The quantitative estimate of drug-likeness (QED) is 0.0543. The molecule has 11 aromatic carbocycles. The van der Waals surface area contributed by atoms with Gasteiger partial charge in [0.15, 0.2) is 23.1 Å². The van der Waals surface area contributed by atoms with Gasteiger partial charge >= 0.3 is 0 Å². The van der Waals surface area contributed by atoms with Crippen LogP contribution in [0.2, 0.25) is 0 Å². The first-order chi connectivity index (χ1) is 54.7. The number of fused-ring (bicyclic) bond motifs is 4. The predicted molar refractivity (Wildman–Crippen MR) is 468 cm³/mol. The van der Waals surface area contributed by atoms with E-state index in [4.69, 9.17) is 40.4 Å². The molecule has 4 heterocycles. The molecule has 0 amide bonds. The van der Waals surface area contributed by atoms with Crippen molar-refractivity contribution in [3.05, 3.63) is 385 Å². The van der Waals surface area contributed by atoms with Crippen molar-refractivity contribution in [1.82, 2.24) is 19.9 Å². The van der Waals surface area contributed by atoms with E-state index in [1.165, 1.54) is 141 Å². The molecule has 0 aliphatic carbocycles. The second kappa shape index (κ2) is 50.9. The van der Waals surface area contributed by atoms with E-state index in [9.17, 15) is 19.2 Å². The number of para-hydroxylation sites is 3. The Morgan fingerprint density at radius 1 is 0.288 bits per heavy atom. The molecular formula is C102H92Ir4N4O8-4. The molecule has 0 spiro atoms. The molecule has 0 aliphatic rings. The molecule has 0 unspecified atom stereocenters. The molecule has 0 fully saturated rings. The summed E-state index contributed by atoms with van der Waals surface area (Å²) < 4.78 is 0. The molecule has 16 heteroatoms. The Hall–Kier alpha value is -11.5. The zero-order valence-corrected chi connectivity index (χ0v) is 77.1. The van der Waals surface area contributed by atoms with Crippen molar-refractivity contribution < 1.29 is 120 Å². The first kappa shape index (κ1) is 98.9. The summed E-state index contributed by atoms with van der Waals surface area (Å²) in [6.45, 7) is 19.8. The SMILES string of the molecule is CC(=O)C=C(C)O.CC(=O)C=C(C)O.CC(=O)C=C(C)O.CC(=O)C=C(C)O.Cc1[c-]c(-c2ccc3cc(C)ccc3n2)cc(C)c1.Cc1cc2ccccc2nc1-c1[c-]ccc(-c2ccccc2)c1.[Ir].[Ir].[Ir].[Ir].[c-]1cc(-c2ccccc2)ccc1-c1ccc2ccccc2n1.[c-]1ccc(-c2ccccc2)cc1-c1ccc2ccccc2n1. The van der Waals surface area contributed by atoms with Crippen LogP contribution in [-0.2, 0) is 99.6 Å². The van der Waals surface area contributed by atoms with Gasteiger partial charge in [-0.1, -0.05) is 230 Å². The Labute approximate surface area is 746 Å². The summed E-state index contributed by atoms with van der Waals surface area (Å²) in [7, 11) is 0. The van der Waals surface area contributed by atoms with Gasteiger partial charge < -0.3 is 20.4 Å². The van der Waals surface area contributed by atoms with Crippen molar-refractivity contribution in [3.63, 3.8) is 0 Å². The Bertz CT molecular complexity index is 5770. The number of hydrogen-bond acceptors (Lipinski definition) is 12. The van der Waals surface area contributed by atoms with E-state index in [2.05, 4.69) is 246 Å². The summed E-state index contributed by atoms with van der Waals surface area (Å²) in [5.41, 5.74) is 24.1. The molecule has 4 radical (unpaired) electrons.